The molecule has 9 heteroatoms. The van der Waals surface area contributed by atoms with Gasteiger partial charge in [0.15, 0.2) is 5.82 Å². The molecule has 2 aromatic rings. The van der Waals surface area contributed by atoms with Crippen molar-refractivity contribution in [3.8, 4) is 0 Å². The Morgan fingerprint density at radius 1 is 1.15 bits per heavy atom. The Balaban J connectivity index is 1.75. The van der Waals surface area contributed by atoms with Crippen molar-refractivity contribution in [2.45, 2.75) is 45.5 Å². The van der Waals surface area contributed by atoms with Crippen molar-refractivity contribution in [2.75, 3.05) is 5.32 Å². The standard InChI is InChI=1S/C18H20F3N3O3/c1-13(25)4-2-3-10-24-11-9-16(23-24)22-17(26)27-12-14-5-7-15(8-6-14)18(19,20)21/h5-9,11H,2-4,10,12H2,1H3,(H,22,23,26). The van der Waals surface area contributed by atoms with Crippen LogP contribution in [0.4, 0.5) is 23.8 Å². The highest BCUT2D eigenvalue weighted by atomic mass is 19.4. The maximum atomic E-state index is 12.5. The molecule has 1 N–H and O–H groups in total. The molecule has 1 amide bonds. The van der Waals surface area contributed by atoms with E-state index in [2.05, 4.69) is 10.4 Å². The van der Waals surface area contributed by atoms with Crippen LogP contribution in [0.1, 0.15) is 37.3 Å². The van der Waals surface area contributed by atoms with E-state index in [1.807, 2.05) is 0 Å². The number of aryl methyl sites for hydroxylation is 1. The number of halogens is 3. The van der Waals surface area contributed by atoms with Gasteiger partial charge in [-0.05, 0) is 37.5 Å². The molecular formula is C18H20F3N3O3. The van der Waals surface area contributed by atoms with E-state index in [9.17, 15) is 22.8 Å². The summed E-state index contributed by atoms with van der Waals surface area (Å²) in [5, 5.41) is 6.60. The number of rotatable bonds is 8. The molecule has 1 heterocycles. The van der Waals surface area contributed by atoms with Crippen molar-refractivity contribution >= 4 is 17.7 Å². The fourth-order valence-corrected chi connectivity index (χ4v) is 2.28. The van der Waals surface area contributed by atoms with Crippen LogP contribution in [0, 0.1) is 0 Å². The minimum absolute atomic E-state index is 0.147. The number of ketones is 1. The van der Waals surface area contributed by atoms with Gasteiger partial charge in [0.05, 0.1) is 5.56 Å². The van der Waals surface area contributed by atoms with Gasteiger partial charge in [-0.15, -0.1) is 0 Å². The number of carbonyl (C=O) groups excluding carboxylic acids is 2. The van der Waals surface area contributed by atoms with E-state index >= 15 is 0 Å². The van der Waals surface area contributed by atoms with E-state index in [4.69, 9.17) is 4.74 Å². The molecule has 0 aliphatic heterocycles. The van der Waals surface area contributed by atoms with Gasteiger partial charge in [-0.1, -0.05) is 12.1 Å². The zero-order chi connectivity index (χ0) is 19.9. The van der Waals surface area contributed by atoms with Crippen LogP contribution in [0.25, 0.3) is 0 Å². The molecule has 27 heavy (non-hydrogen) atoms. The molecule has 6 nitrogen and oxygen atoms in total. The first kappa shape index (κ1) is 20.5. The lowest BCUT2D eigenvalue weighted by molar-refractivity contribution is -0.137. The first-order chi connectivity index (χ1) is 12.7. The Hall–Kier alpha value is -2.84. The van der Waals surface area contributed by atoms with E-state index in [-0.39, 0.29) is 12.4 Å². The first-order valence-electron chi connectivity index (χ1n) is 8.37. The number of aromatic nitrogens is 2. The predicted molar refractivity (Wildman–Crippen MR) is 92.0 cm³/mol. The number of nitrogens with one attached hydrogen (secondary N) is 1. The predicted octanol–water partition coefficient (Wildman–Crippen LogP) is 4.41. The third kappa shape index (κ3) is 7.12. The molecule has 0 fully saturated rings. The lowest BCUT2D eigenvalue weighted by Crippen LogP contribution is -2.14. The second-order valence-electron chi connectivity index (χ2n) is 6.02. The zero-order valence-corrected chi connectivity index (χ0v) is 14.8. The van der Waals surface area contributed by atoms with Gasteiger partial charge in [-0.3, -0.25) is 10.00 Å². The number of hydrogen-bond donors (Lipinski definition) is 1. The smallest absolute Gasteiger partial charge is 0.416 e. The Morgan fingerprint density at radius 2 is 1.85 bits per heavy atom. The molecule has 0 atom stereocenters. The summed E-state index contributed by atoms with van der Waals surface area (Å²) < 4.78 is 44.1. The van der Waals surface area contributed by atoms with Gasteiger partial charge in [0.1, 0.15) is 12.4 Å². The SMILES string of the molecule is CC(=O)CCCCn1ccc(NC(=O)OCc2ccc(C(F)(F)F)cc2)n1. The molecule has 0 radical (unpaired) electrons. The molecular weight excluding hydrogens is 363 g/mol. The fraction of sp³-hybridized carbons (Fsp3) is 0.389. The van der Waals surface area contributed by atoms with Gasteiger partial charge >= 0.3 is 12.3 Å². The minimum atomic E-state index is -4.40. The van der Waals surface area contributed by atoms with Gasteiger partial charge in [-0.25, -0.2) is 4.79 Å². The second-order valence-corrected chi connectivity index (χ2v) is 6.02. The van der Waals surface area contributed by atoms with Gasteiger partial charge in [0.25, 0.3) is 0 Å². The summed E-state index contributed by atoms with van der Waals surface area (Å²) in [5.74, 6) is 0.451. The number of amides is 1. The summed E-state index contributed by atoms with van der Waals surface area (Å²) >= 11 is 0. The summed E-state index contributed by atoms with van der Waals surface area (Å²) in [6, 6.07) is 5.98. The maximum Gasteiger partial charge on any atom is 0.416 e. The second kappa shape index (κ2) is 9.20. The van der Waals surface area contributed by atoms with Gasteiger partial charge < -0.3 is 9.53 Å². The van der Waals surface area contributed by atoms with E-state index in [0.29, 0.717) is 24.3 Å². The number of hydrogen-bond acceptors (Lipinski definition) is 4. The summed E-state index contributed by atoms with van der Waals surface area (Å²) in [7, 11) is 0. The Kier molecular flexibility index (Phi) is 6.98. The lowest BCUT2D eigenvalue weighted by atomic mass is 10.1. The molecule has 146 valence electrons. The molecule has 1 aromatic carbocycles. The van der Waals surface area contributed by atoms with Crippen molar-refractivity contribution < 1.29 is 27.5 Å². The van der Waals surface area contributed by atoms with Crippen molar-refractivity contribution in [3.63, 3.8) is 0 Å². The molecule has 0 aliphatic rings. The number of benzene rings is 1. The molecule has 2 rings (SSSR count). The van der Waals surface area contributed by atoms with Crippen molar-refractivity contribution in [1.82, 2.24) is 9.78 Å². The summed E-state index contributed by atoms with van der Waals surface area (Å²) in [6.45, 7) is 2.01. The highest BCUT2D eigenvalue weighted by Crippen LogP contribution is 2.29. The van der Waals surface area contributed by atoms with Gasteiger partial charge in [0.2, 0.25) is 0 Å². The fourth-order valence-electron chi connectivity index (χ4n) is 2.28. The molecule has 0 saturated carbocycles. The van der Waals surface area contributed by atoms with Gasteiger partial charge in [0, 0.05) is 25.2 Å². The number of anilines is 1. The Labute approximate surface area is 154 Å². The average molecular weight is 383 g/mol. The number of carbonyl (C=O) groups is 2. The average Bonchev–Trinajstić information content (AvgIpc) is 3.03. The minimum Gasteiger partial charge on any atom is -0.444 e. The highest BCUT2D eigenvalue weighted by molar-refractivity contribution is 5.83. The maximum absolute atomic E-state index is 12.5. The van der Waals surface area contributed by atoms with Crippen LogP contribution in [0.2, 0.25) is 0 Å². The highest BCUT2D eigenvalue weighted by Gasteiger charge is 2.29. The summed E-state index contributed by atoms with van der Waals surface area (Å²) in [5.41, 5.74) is -0.321. The zero-order valence-electron chi connectivity index (χ0n) is 14.8. The molecule has 0 saturated heterocycles. The van der Waals surface area contributed by atoms with Crippen LogP contribution in [-0.4, -0.2) is 21.7 Å². The molecule has 0 aliphatic carbocycles. The third-order valence-corrected chi connectivity index (χ3v) is 3.69. The van der Waals surface area contributed by atoms with Crippen LogP contribution < -0.4 is 5.32 Å². The molecule has 1 aromatic heterocycles. The van der Waals surface area contributed by atoms with Crippen LogP contribution in [0.15, 0.2) is 36.5 Å². The Morgan fingerprint density at radius 3 is 2.48 bits per heavy atom. The van der Waals surface area contributed by atoms with E-state index in [1.54, 1.807) is 23.9 Å². The van der Waals surface area contributed by atoms with E-state index in [0.717, 1.165) is 25.0 Å². The van der Waals surface area contributed by atoms with Gasteiger partial charge in [-0.2, -0.15) is 18.3 Å². The number of Topliss-reactive ketones (excluding diaryl/α,β-unsaturated/α-hetero) is 1. The van der Waals surface area contributed by atoms with Crippen molar-refractivity contribution in [1.29, 1.82) is 0 Å². The Bertz CT molecular complexity index is 770. The molecule has 0 unspecified atom stereocenters. The topological polar surface area (TPSA) is 73.2 Å². The van der Waals surface area contributed by atoms with Crippen molar-refractivity contribution in [3.05, 3.63) is 47.7 Å². The summed E-state index contributed by atoms with van der Waals surface area (Å²) in [4.78, 5) is 22.6. The monoisotopic (exact) mass is 383 g/mol. The third-order valence-electron chi connectivity index (χ3n) is 3.69. The molecule has 0 spiro atoms. The van der Waals surface area contributed by atoms with Crippen LogP contribution in [0.5, 0.6) is 0 Å². The number of alkyl halides is 3. The summed E-state index contributed by atoms with van der Waals surface area (Å²) in [6.07, 6.45) is -1.37. The van der Waals surface area contributed by atoms with E-state index in [1.165, 1.54) is 12.1 Å². The number of unbranched alkanes of at least 4 members (excludes halogenated alkanes) is 1. The van der Waals surface area contributed by atoms with E-state index < -0.39 is 17.8 Å². The lowest BCUT2D eigenvalue weighted by Gasteiger charge is -2.08. The van der Waals surface area contributed by atoms with Crippen molar-refractivity contribution in [2.24, 2.45) is 0 Å². The largest absolute Gasteiger partial charge is 0.444 e. The normalized spacial score (nSPS) is 11.3. The van der Waals surface area contributed by atoms with Crippen LogP contribution >= 0.6 is 0 Å². The first-order valence-corrected chi connectivity index (χ1v) is 8.37. The number of ether oxygens (including phenoxy) is 1. The van der Waals surface area contributed by atoms with Crippen LogP contribution in [-0.2, 0) is 28.9 Å². The molecule has 0 bridgehead atoms. The number of nitrogens with zero attached hydrogens (tertiary/aromatic N) is 2. The van der Waals surface area contributed by atoms with Crippen LogP contribution in [0.3, 0.4) is 0 Å². The quantitative estimate of drug-likeness (QED) is 0.686.